The first-order chi connectivity index (χ1) is 12.9. The normalized spacial score (nSPS) is 11.0. The zero-order chi connectivity index (χ0) is 19.1. The molecule has 2 aromatic heterocycles. The highest BCUT2D eigenvalue weighted by molar-refractivity contribution is 6.30. The summed E-state index contributed by atoms with van der Waals surface area (Å²) in [6.45, 7) is 1.86. The van der Waals surface area contributed by atoms with Gasteiger partial charge in [0.1, 0.15) is 0 Å². The molecule has 1 N–H and O–H groups in total. The lowest BCUT2D eigenvalue weighted by Gasteiger charge is -2.04. The molecule has 0 saturated heterocycles. The Kier molecular flexibility index (Phi) is 4.01. The fourth-order valence-electron chi connectivity index (χ4n) is 3.04. The molecule has 8 heteroatoms. The molecule has 4 aromatic rings. The highest BCUT2D eigenvalue weighted by Gasteiger charge is 2.16. The molecule has 0 amide bonds. The largest absolute Gasteiger partial charge is 0.293 e. The number of nitro benzene ring substituents is 1. The number of fused-ring (bicyclic) bond motifs is 1. The molecule has 2 heterocycles. The van der Waals surface area contributed by atoms with Gasteiger partial charge in [-0.2, -0.15) is 0 Å². The number of H-pyrrole nitrogens is 1. The number of nitrogens with zero attached hydrogens (tertiary/aromatic N) is 3. The van der Waals surface area contributed by atoms with Gasteiger partial charge in [0, 0.05) is 40.0 Å². The molecular weight excluding hydrogens is 368 g/mol. The molecule has 0 saturated carbocycles. The second-order valence-electron chi connectivity index (χ2n) is 6.06. The Morgan fingerprint density at radius 2 is 1.85 bits per heavy atom. The van der Waals surface area contributed by atoms with Crippen molar-refractivity contribution in [1.82, 2.24) is 14.6 Å². The van der Waals surface area contributed by atoms with Crippen LogP contribution in [-0.2, 0) is 0 Å². The van der Waals surface area contributed by atoms with Gasteiger partial charge in [0.05, 0.1) is 10.6 Å². The van der Waals surface area contributed by atoms with Gasteiger partial charge in [0.15, 0.2) is 5.65 Å². The zero-order valence-electron chi connectivity index (χ0n) is 14.1. The third-order valence-corrected chi connectivity index (χ3v) is 4.52. The molecule has 27 heavy (non-hydrogen) atoms. The van der Waals surface area contributed by atoms with Crippen LogP contribution in [0.25, 0.3) is 28.0 Å². The average molecular weight is 381 g/mol. The van der Waals surface area contributed by atoms with E-state index in [0.29, 0.717) is 21.9 Å². The number of nitrogens with one attached hydrogen (secondary N) is 1. The van der Waals surface area contributed by atoms with E-state index in [1.54, 1.807) is 18.2 Å². The van der Waals surface area contributed by atoms with Crippen molar-refractivity contribution in [3.05, 3.63) is 85.8 Å². The summed E-state index contributed by atoms with van der Waals surface area (Å²) in [6.07, 6.45) is 0. The molecule has 0 aliphatic heterocycles. The van der Waals surface area contributed by atoms with Crippen molar-refractivity contribution in [1.29, 1.82) is 0 Å². The first-order valence-corrected chi connectivity index (χ1v) is 8.45. The minimum atomic E-state index is -0.470. The maximum absolute atomic E-state index is 12.6. The van der Waals surface area contributed by atoms with Crippen molar-refractivity contribution in [2.24, 2.45) is 0 Å². The van der Waals surface area contributed by atoms with Gasteiger partial charge < -0.3 is 0 Å². The third kappa shape index (κ3) is 2.98. The van der Waals surface area contributed by atoms with E-state index in [1.165, 1.54) is 22.7 Å². The summed E-state index contributed by atoms with van der Waals surface area (Å²) in [5, 5.41) is 14.4. The molecular formula is C19H13ClN4O3. The Labute approximate surface area is 158 Å². The van der Waals surface area contributed by atoms with Gasteiger partial charge in [-0.3, -0.25) is 20.0 Å². The first kappa shape index (κ1) is 17.0. The molecule has 0 aliphatic rings. The molecule has 0 bridgehead atoms. The fourth-order valence-corrected chi connectivity index (χ4v) is 3.23. The lowest BCUT2D eigenvalue weighted by molar-refractivity contribution is -0.384. The number of non-ortho nitro benzene ring substituents is 1. The van der Waals surface area contributed by atoms with E-state index in [4.69, 9.17) is 11.6 Å². The Hall–Kier alpha value is -3.45. The highest BCUT2D eigenvalue weighted by Crippen LogP contribution is 2.29. The van der Waals surface area contributed by atoms with E-state index < -0.39 is 4.92 Å². The molecule has 4 rings (SSSR count). The van der Waals surface area contributed by atoms with Crippen molar-refractivity contribution in [3.8, 4) is 22.4 Å². The van der Waals surface area contributed by atoms with Gasteiger partial charge >= 0.3 is 0 Å². The molecule has 0 atom stereocenters. The summed E-state index contributed by atoms with van der Waals surface area (Å²) in [5.74, 6) is 0. The number of hydrogen-bond donors (Lipinski definition) is 1. The number of rotatable bonds is 3. The van der Waals surface area contributed by atoms with E-state index in [0.717, 1.165) is 16.8 Å². The molecule has 0 spiro atoms. The third-order valence-electron chi connectivity index (χ3n) is 4.28. The maximum Gasteiger partial charge on any atom is 0.273 e. The van der Waals surface area contributed by atoms with Gasteiger partial charge in [-0.25, -0.2) is 9.50 Å². The summed E-state index contributed by atoms with van der Waals surface area (Å²) in [4.78, 5) is 27.6. The van der Waals surface area contributed by atoms with Crippen LogP contribution in [0.1, 0.15) is 5.69 Å². The van der Waals surface area contributed by atoms with E-state index >= 15 is 0 Å². The van der Waals surface area contributed by atoms with Gasteiger partial charge in [0.2, 0.25) is 0 Å². The van der Waals surface area contributed by atoms with Crippen LogP contribution in [0.2, 0.25) is 5.02 Å². The van der Waals surface area contributed by atoms with Crippen molar-refractivity contribution >= 4 is 22.9 Å². The van der Waals surface area contributed by atoms with Crippen molar-refractivity contribution in [2.75, 3.05) is 0 Å². The van der Waals surface area contributed by atoms with E-state index in [9.17, 15) is 14.9 Å². The number of hydrogen-bond acceptors (Lipinski definition) is 4. The monoisotopic (exact) mass is 380 g/mol. The topological polar surface area (TPSA) is 93.3 Å². The lowest BCUT2D eigenvalue weighted by atomic mass is 10.1. The Morgan fingerprint density at radius 3 is 2.52 bits per heavy atom. The number of aromatic amines is 1. The Bertz CT molecular complexity index is 1240. The minimum absolute atomic E-state index is 0.0198. The zero-order valence-corrected chi connectivity index (χ0v) is 14.9. The predicted molar refractivity (Wildman–Crippen MR) is 103 cm³/mol. The molecule has 134 valence electrons. The number of aromatic nitrogens is 3. The standard InChI is InChI=1S/C19H13ClN4O3/c1-11-18(13-3-2-4-14(20)9-13)19-21-16(10-17(25)23(19)22-11)12-5-7-15(8-6-12)24(26)27/h2-10,22H,1H3. The van der Waals surface area contributed by atoms with Gasteiger partial charge in [0.25, 0.3) is 11.2 Å². The quantitative estimate of drug-likeness (QED) is 0.425. The number of halogens is 1. The van der Waals surface area contributed by atoms with Gasteiger partial charge in [-0.15, -0.1) is 0 Å². The Balaban J connectivity index is 1.93. The smallest absolute Gasteiger partial charge is 0.273 e. The summed E-state index contributed by atoms with van der Waals surface area (Å²) < 4.78 is 1.38. The van der Waals surface area contributed by atoms with E-state index in [2.05, 4.69) is 10.1 Å². The molecule has 0 fully saturated rings. The van der Waals surface area contributed by atoms with Crippen LogP contribution >= 0.6 is 11.6 Å². The minimum Gasteiger partial charge on any atom is -0.293 e. The molecule has 7 nitrogen and oxygen atoms in total. The summed E-state index contributed by atoms with van der Waals surface area (Å²) in [7, 11) is 0. The van der Waals surface area contributed by atoms with Gasteiger partial charge in [-0.05, 0) is 36.8 Å². The highest BCUT2D eigenvalue weighted by atomic mass is 35.5. The number of benzene rings is 2. The summed E-state index contributed by atoms with van der Waals surface area (Å²) >= 11 is 6.11. The van der Waals surface area contributed by atoms with Crippen molar-refractivity contribution < 1.29 is 4.92 Å². The maximum atomic E-state index is 12.6. The second-order valence-corrected chi connectivity index (χ2v) is 6.50. The lowest BCUT2D eigenvalue weighted by Crippen LogP contribution is -2.14. The van der Waals surface area contributed by atoms with Gasteiger partial charge in [-0.1, -0.05) is 23.7 Å². The van der Waals surface area contributed by atoms with Crippen LogP contribution in [0.5, 0.6) is 0 Å². The van der Waals surface area contributed by atoms with Crippen LogP contribution < -0.4 is 5.56 Å². The second kappa shape index (κ2) is 6.37. The van der Waals surface area contributed by atoms with Crippen LogP contribution in [0, 0.1) is 17.0 Å². The van der Waals surface area contributed by atoms with Crippen molar-refractivity contribution in [3.63, 3.8) is 0 Å². The SMILES string of the molecule is Cc1[nH]n2c(=O)cc(-c3ccc([N+](=O)[O-])cc3)nc2c1-c1cccc(Cl)c1. The van der Waals surface area contributed by atoms with E-state index in [-0.39, 0.29) is 11.2 Å². The van der Waals surface area contributed by atoms with Crippen LogP contribution in [0.15, 0.2) is 59.4 Å². The molecule has 0 unspecified atom stereocenters. The van der Waals surface area contributed by atoms with Crippen LogP contribution in [0.3, 0.4) is 0 Å². The molecule has 0 radical (unpaired) electrons. The summed E-state index contributed by atoms with van der Waals surface area (Å²) in [6, 6.07) is 14.6. The Morgan fingerprint density at radius 1 is 1.11 bits per heavy atom. The fraction of sp³-hybridized carbons (Fsp3) is 0.0526. The molecule has 2 aromatic carbocycles. The molecule has 0 aliphatic carbocycles. The first-order valence-electron chi connectivity index (χ1n) is 8.07. The van der Waals surface area contributed by atoms with E-state index in [1.807, 2.05) is 25.1 Å². The summed E-state index contributed by atoms with van der Waals surface area (Å²) in [5.41, 5.74) is 3.63. The van der Waals surface area contributed by atoms with Crippen LogP contribution in [0.4, 0.5) is 5.69 Å². The average Bonchev–Trinajstić information content (AvgIpc) is 2.98. The predicted octanol–water partition coefficient (Wildman–Crippen LogP) is 4.23. The van der Waals surface area contributed by atoms with Crippen molar-refractivity contribution in [2.45, 2.75) is 6.92 Å². The number of nitro groups is 1. The number of aryl methyl sites for hydroxylation is 1. The van der Waals surface area contributed by atoms with Crippen LogP contribution in [-0.4, -0.2) is 19.5 Å².